The highest BCUT2D eigenvalue weighted by molar-refractivity contribution is 5.48. The third-order valence-corrected chi connectivity index (χ3v) is 5.36. The third-order valence-electron chi connectivity index (χ3n) is 5.36. The summed E-state index contributed by atoms with van der Waals surface area (Å²) in [6.45, 7) is 9.11. The zero-order chi connectivity index (χ0) is 15.7. The minimum absolute atomic E-state index is 0.618. The van der Waals surface area contributed by atoms with Crippen LogP contribution in [0.1, 0.15) is 44.7 Å². The van der Waals surface area contributed by atoms with Crippen molar-refractivity contribution in [2.75, 3.05) is 0 Å². The molecule has 0 unspecified atom stereocenters. The van der Waals surface area contributed by atoms with E-state index >= 15 is 0 Å². The lowest BCUT2D eigenvalue weighted by molar-refractivity contribution is 0.394. The van der Waals surface area contributed by atoms with Crippen LogP contribution in [0.2, 0.25) is 0 Å². The second-order valence-electron chi connectivity index (χ2n) is 6.86. The fourth-order valence-corrected chi connectivity index (χ4v) is 3.68. The highest BCUT2D eigenvalue weighted by Crippen LogP contribution is 2.44. The average molecular weight is 290 g/mol. The largest absolute Gasteiger partial charge is 0.133 e. The molecule has 1 aromatic rings. The molecule has 0 N–H and O–H groups in total. The summed E-state index contributed by atoms with van der Waals surface area (Å²) < 4.78 is 0. The Bertz CT molecular complexity index is 596. The zero-order valence-corrected chi connectivity index (χ0v) is 14.2. The minimum Gasteiger partial charge on any atom is -0.0730 e. The molecular formula is C22H26+. The van der Waals surface area contributed by atoms with Crippen LogP contribution in [0.15, 0.2) is 59.7 Å². The smallest absolute Gasteiger partial charge is 0.0730 e. The molecule has 0 aromatic heterocycles. The van der Waals surface area contributed by atoms with Gasteiger partial charge in [0.25, 0.3) is 0 Å². The Morgan fingerprint density at radius 1 is 0.909 bits per heavy atom. The standard InChI is InChI=1S/C22H26/c1-15-5-9-19(10-6-15)21-13-14-22(18(4)17(21)3)20-11-7-16(2)8-12-20/h5-12,17-18H,13-14H2,1-4H3/q+1/t17-,18-/m1/s1. The number of aryl methyl sites for hydroxylation is 1. The molecule has 113 valence electrons. The second-order valence-corrected chi connectivity index (χ2v) is 6.86. The number of rotatable bonds is 1. The van der Waals surface area contributed by atoms with E-state index in [9.17, 15) is 0 Å². The Balaban J connectivity index is 1.83. The van der Waals surface area contributed by atoms with Crippen LogP contribution in [0.4, 0.5) is 0 Å². The van der Waals surface area contributed by atoms with E-state index in [2.05, 4.69) is 76.3 Å². The molecule has 0 heteroatoms. The lowest BCUT2D eigenvalue weighted by Gasteiger charge is -2.33. The molecule has 2 atom stereocenters. The molecule has 0 nitrogen and oxygen atoms in total. The van der Waals surface area contributed by atoms with Crippen LogP contribution in [0, 0.1) is 30.6 Å². The molecule has 2 aliphatic rings. The normalized spacial score (nSPS) is 25.9. The molecule has 2 aliphatic carbocycles. The van der Waals surface area contributed by atoms with E-state index < -0.39 is 0 Å². The van der Waals surface area contributed by atoms with Gasteiger partial charge in [-0.25, -0.2) is 0 Å². The topological polar surface area (TPSA) is 0 Å². The van der Waals surface area contributed by atoms with Crippen molar-refractivity contribution in [3.63, 3.8) is 0 Å². The molecule has 1 radical (unpaired) electrons. The van der Waals surface area contributed by atoms with E-state index in [1.54, 1.807) is 11.5 Å². The first-order chi connectivity index (χ1) is 10.6. The summed E-state index contributed by atoms with van der Waals surface area (Å²) in [7, 11) is 0. The van der Waals surface area contributed by atoms with E-state index in [1.165, 1.54) is 35.5 Å². The molecule has 0 spiro atoms. The van der Waals surface area contributed by atoms with Crippen LogP contribution in [-0.2, 0) is 0 Å². The van der Waals surface area contributed by atoms with Gasteiger partial charge in [0.2, 0.25) is 0 Å². The molecule has 0 saturated heterocycles. The quantitative estimate of drug-likeness (QED) is 0.556. The summed E-state index contributed by atoms with van der Waals surface area (Å²) in [5, 5.41) is 0. The Morgan fingerprint density at radius 3 is 2.18 bits per heavy atom. The maximum absolute atomic E-state index is 2.40. The minimum atomic E-state index is 0.618. The molecule has 0 bridgehead atoms. The Morgan fingerprint density at radius 2 is 1.55 bits per heavy atom. The number of benzene rings is 1. The highest BCUT2D eigenvalue weighted by atomic mass is 14.4. The van der Waals surface area contributed by atoms with Gasteiger partial charge in [0.15, 0.2) is 0 Å². The fraction of sp³-hybridized carbons (Fsp3) is 0.364. The van der Waals surface area contributed by atoms with Gasteiger partial charge in [-0.2, -0.15) is 0 Å². The average Bonchev–Trinajstić information content (AvgIpc) is 2.52. The van der Waals surface area contributed by atoms with Crippen molar-refractivity contribution in [2.45, 2.75) is 40.5 Å². The molecule has 1 saturated carbocycles. The van der Waals surface area contributed by atoms with Gasteiger partial charge in [-0.05, 0) is 49.5 Å². The first-order valence-electron chi connectivity index (χ1n) is 8.42. The van der Waals surface area contributed by atoms with Crippen LogP contribution >= 0.6 is 0 Å². The number of hydrogen-bond acceptors (Lipinski definition) is 0. The summed E-state index contributed by atoms with van der Waals surface area (Å²) in [5.41, 5.74) is 5.84. The van der Waals surface area contributed by atoms with E-state index in [0.29, 0.717) is 11.8 Å². The van der Waals surface area contributed by atoms with Crippen LogP contribution in [0.25, 0.3) is 0 Å². The van der Waals surface area contributed by atoms with Crippen molar-refractivity contribution < 1.29 is 0 Å². The van der Waals surface area contributed by atoms with Gasteiger partial charge in [-0.1, -0.05) is 43.7 Å². The molecule has 22 heavy (non-hydrogen) atoms. The molecule has 1 fully saturated rings. The summed E-state index contributed by atoms with van der Waals surface area (Å²) >= 11 is 0. The third kappa shape index (κ3) is 2.92. The van der Waals surface area contributed by atoms with Gasteiger partial charge in [0.1, 0.15) is 5.56 Å². The Kier molecular flexibility index (Phi) is 4.29. The van der Waals surface area contributed by atoms with Crippen LogP contribution < -0.4 is 0 Å². The predicted octanol–water partition coefficient (Wildman–Crippen LogP) is 6.00. The van der Waals surface area contributed by atoms with Crippen LogP contribution in [0.5, 0.6) is 0 Å². The number of allylic oxidation sites excluding steroid dienone is 6. The van der Waals surface area contributed by atoms with Crippen molar-refractivity contribution in [1.82, 2.24) is 0 Å². The van der Waals surface area contributed by atoms with Crippen LogP contribution in [-0.4, -0.2) is 0 Å². The lowest BCUT2D eigenvalue weighted by Crippen LogP contribution is -2.26. The molecule has 0 amide bonds. The molecule has 0 heterocycles. The maximum Gasteiger partial charge on any atom is 0.133 e. The van der Waals surface area contributed by atoms with Crippen molar-refractivity contribution in [2.24, 2.45) is 11.8 Å². The predicted molar refractivity (Wildman–Crippen MR) is 95.3 cm³/mol. The summed E-state index contributed by atoms with van der Waals surface area (Å²) in [5.74, 6) is 4.21. The molecule has 3 rings (SSSR count). The van der Waals surface area contributed by atoms with Crippen molar-refractivity contribution in [3.8, 4) is 0 Å². The zero-order valence-electron chi connectivity index (χ0n) is 14.2. The second kappa shape index (κ2) is 6.20. The van der Waals surface area contributed by atoms with Crippen LogP contribution in [0.3, 0.4) is 0 Å². The van der Waals surface area contributed by atoms with E-state index in [4.69, 9.17) is 0 Å². The van der Waals surface area contributed by atoms with Crippen molar-refractivity contribution in [1.29, 1.82) is 0 Å². The monoisotopic (exact) mass is 290 g/mol. The summed E-state index contributed by atoms with van der Waals surface area (Å²) in [4.78, 5) is 0. The van der Waals surface area contributed by atoms with Crippen molar-refractivity contribution in [3.05, 3.63) is 82.7 Å². The molecule has 0 aliphatic heterocycles. The van der Waals surface area contributed by atoms with Gasteiger partial charge in [0, 0.05) is 36.3 Å². The lowest BCUT2D eigenvalue weighted by atomic mass is 9.67. The van der Waals surface area contributed by atoms with Gasteiger partial charge in [0.05, 0.1) is 0 Å². The highest BCUT2D eigenvalue weighted by Gasteiger charge is 2.36. The SMILES string of the molecule is C[C]1C=CC(=C2CC[C+](c3ccc(C)cc3)[C@H](C)[C@H]2C)C=C1. The molecule has 1 aromatic carbocycles. The summed E-state index contributed by atoms with van der Waals surface area (Å²) in [6, 6.07) is 9.06. The van der Waals surface area contributed by atoms with Gasteiger partial charge < -0.3 is 0 Å². The van der Waals surface area contributed by atoms with Gasteiger partial charge in [-0.3, -0.25) is 0 Å². The number of hydrogen-bond donors (Lipinski definition) is 0. The van der Waals surface area contributed by atoms with E-state index in [-0.39, 0.29) is 0 Å². The fourth-order valence-electron chi connectivity index (χ4n) is 3.68. The van der Waals surface area contributed by atoms with Crippen molar-refractivity contribution >= 4 is 0 Å². The Labute approximate surface area is 135 Å². The van der Waals surface area contributed by atoms with E-state index in [1.807, 2.05) is 0 Å². The van der Waals surface area contributed by atoms with Gasteiger partial charge >= 0.3 is 0 Å². The maximum atomic E-state index is 2.40. The first-order valence-corrected chi connectivity index (χ1v) is 8.42. The molecular weight excluding hydrogens is 264 g/mol. The summed E-state index contributed by atoms with van der Waals surface area (Å²) in [6.07, 6.45) is 11.4. The van der Waals surface area contributed by atoms with E-state index in [0.717, 1.165) is 0 Å². The van der Waals surface area contributed by atoms with Gasteiger partial charge in [-0.15, -0.1) is 0 Å². The first kappa shape index (κ1) is 15.2. The Hall–Kier alpha value is -1.69.